The van der Waals surface area contributed by atoms with Crippen molar-refractivity contribution in [2.75, 3.05) is 39.8 Å². The second kappa shape index (κ2) is 7.27. The lowest BCUT2D eigenvalue weighted by Crippen LogP contribution is -2.47. The van der Waals surface area contributed by atoms with Gasteiger partial charge in [0.05, 0.1) is 16.6 Å². The fourth-order valence-electron chi connectivity index (χ4n) is 2.18. The molecule has 4 nitrogen and oxygen atoms in total. The van der Waals surface area contributed by atoms with Crippen LogP contribution in [0.25, 0.3) is 0 Å². The van der Waals surface area contributed by atoms with Crippen molar-refractivity contribution in [3.8, 4) is 0 Å². The predicted molar refractivity (Wildman–Crippen MR) is 82.2 cm³/mol. The Morgan fingerprint density at radius 1 is 1.30 bits per heavy atom. The van der Waals surface area contributed by atoms with Gasteiger partial charge in [0.1, 0.15) is 0 Å². The van der Waals surface area contributed by atoms with Gasteiger partial charge in [-0.3, -0.25) is 9.69 Å². The lowest BCUT2D eigenvalue weighted by molar-refractivity contribution is -0.131. The number of amides is 1. The maximum atomic E-state index is 12.2. The molecule has 0 spiro atoms. The highest BCUT2D eigenvalue weighted by Crippen LogP contribution is 2.23. The highest BCUT2D eigenvalue weighted by atomic mass is 35.5. The number of rotatable bonds is 4. The van der Waals surface area contributed by atoms with Gasteiger partial charge in [-0.15, -0.1) is 0 Å². The Morgan fingerprint density at radius 3 is 2.65 bits per heavy atom. The molecule has 0 unspecified atom stereocenters. The van der Waals surface area contributed by atoms with E-state index in [-0.39, 0.29) is 5.91 Å². The van der Waals surface area contributed by atoms with Crippen molar-refractivity contribution >= 4 is 29.1 Å². The molecule has 20 heavy (non-hydrogen) atoms. The maximum Gasteiger partial charge on any atom is 0.236 e. The van der Waals surface area contributed by atoms with Gasteiger partial charge in [-0.2, -0.15) is 0 Å². The normalized spacial score (nSPS) is 16.1. The van der Waals surface area contributed by atoms with Crippen LogP contribution in [0.5, 0.6) is 0 Å². The Morgan fingerprint density at radius 2 is 2.00 bits per heavy atom. The molecule has 1 fully saturated rings. The molecule has 1 aliphatic heterocycles. The van der Waals surface area contributed by atoms with Crippen molar-refractivity contribution in [1.29, 1.82) is 0 Å². The van der Waals surface area contributed by atoms with E-state index in [1.54, 1.807) is 17.0 Å². The first-order valence-corrected chi connectivity index (χ1v) is 7.43. The number of carbonyl (C=O) groups excluding carboxylic acids is 1. The molecule has 1 N–H and O–H groups in total. The third-order valence-electron chi connectivity index (χ3n) is 3.40. The monoisotopic (exact) mass is 315 g/mol. The first-order chi connectivity index (χ1) is 9.56. The summed E-state index contributed by atoms with van der Waals surface area (Å²) in [6, 6.07) is 5.45. The summed E-state index contributed by atoms with van der Waals surface area (Å²) in [7, 11) is 1.81. The quantitative estimate of drug-likeness (QED) is 0.921. The van der Waals surface area contributed by atoms with E-state index in [1.165, 1.54) is 0 Å². The number of piperazine rings is 1. The standard InChI is InChI=1S/C14H19Cl2N3O/c1-18(9-11-2-3-12(15)13(16)8-11)14(20)10-19-6-4-17-5-7-19/h2-3,8,17H,4-7,9-10H2,1H3. The van der Waals surface area contributed by atoms with Gasteiger partial charge in [0.2, 0.25) is 5.91 Å². The average molecular weight is 316 g/mol. The van der Waals surface area contributed by atoms with Gasteiger partial charge >= 0.3 is 0 Å². The summed E-state index contributed by atoms with van der Waals surface area (Å²) in [5.74, 6) is 0.123. The molecular weight excluding hydrogens is 297 g/mol. The molecule has 0 bridgehead atoms. The lowest BCUT2D eigenvalue weighted by atomic mass is 10.2. The van der Waals surface area contributed by atoms with Crippen molar-refractivity contribution in [3.05, 3.63) is 33.8 Å². The Balaban J connectivity index is 1.88. The average Bonchev–Trinajstić information content (AvgIpc) is 2.44. The van der Waals surface area contributed by atoms with Gasteiger partial charge in [0, 0.05) is 39.8 Å². The molecule has 1 aromatic rings. The van der Waals surface area contributed by atoms with E-state index in [0.717, 1.165) is 31.7 Å². The Bertz CT molecular complexity index is 475. The van der Waals surface area contributed by atoms with Gasteiger partial charge in [-0.05, 0) is 17.7 Å². The molecule has 1 aromatic carbocycles. The van der Waals surface area contributed by atoms with Crippen LogP contribution in [-0.2, 0) is 11.3 Å². The largest absolute Gasteiger partial charge is 0.340 e. The third-order valence-corrected chi connectivity index (χ3v) is 4.14. The van der Waals surface area contributed by atoms with Crippen LogP contribution in [0.3, 0.4) is 0 Å². The van der Waals surface area contributed by atoms with Gasteiger partial charge in [0.25, 0.3) is 0 Å². The Kier molecular flexibility index (Phi) is 5.66. The number of hydrogen-bond acceptors (Lipinski definition) is 3. The number of likely N-dealkylation sites (N-methyl/N-ethyl adjacent to an activating group) is 1. The van der Waals surface area contributed by atoms with Crippen molar-refractivity contribution in [1.82, 2.24) is 15.1 Å². The molecule has 1 saturated heterocycles. The summed E-state index contributed by atoms with van der Waals surface area (Å²) in [6.07, 6.45) is 0. The zero-order valence-electron chi connectivity index (χ0n) is 11.5. The summed E-state index contributed by atoms with van der Waals surface area (Å²) in [5, 5.41) is 4.33. The van der Waals surface area contributed by atoms with Crippen molar-refractivity contribution in [2.45, 2.75) is 6.54 Å². The third kappa shape index (κ3) is 4.35. The molecule has 0 saturated carbocycles. The van der Waals surface area contributed by atoms with Crippen molar-refractivity contribution in [2.24, 2.45) is 0 Å². The smallest absolute Gasteiger partial charge is 0.236 e. The summed E-state index contributed by atoms with van der Waals surface area (Å²) in [5.41, 5.74) is 0.982. The van der Waals surface area contributed by atoms with Crippen LogP contribution < -0.4 is 5.32 Å². The minimum absolute atomic E-state index is 0.123. The van der Waals surface area contributed by atoms with E-state index in [9.17, 15) is 4.79 Å². The SMILES string of the molecule is CN(Cc1ccc(Cl)c(Cl)c1)C(=O)CN1CCNCC1. The molecule has 1 heterocycles. The van der Waals surface area contributed by atoms with Crippen LogP contribution in [0.1, 0.15) is 5.56 Å². The maximum absolute atomic E-state index is 12.2. The number of hydrogen-bond donors (Lipinski definition) is 1. The summed E-state index contributed by atoms with van der Waals surface area (Å²) in [6.45, 7) is 4.76. The fourth-order valence-corrected chi connectivity index (χ4v) is 2.50. The zero-order chi connectivity index (χ0) is 14.5. The van der Waals surface area contributed by atoms with Gasteiger partial charge < -0.3 is 10.2 Å². The molecule has 1 aliphatic rings. The summed E-state index contributed by atoms with van der Waals surface area (Å²) < 4.78 is 0. The second-order valence-electron chi connectivity index (χ2n) is 5.02. The lowest BCUT2D eigenvalue weighted by Gasteiger charge is -2.28. The molecule has 2 rings (SSSR count). The van der Waals surface area contributed by atoms with E-state index >= 15 is 0 Å². The Labute approximate surface area is 129 Å². The van der Waals surface area contributed by atoms with E-state index in [2.05, 4.69) is 10.2 Å². The van der Waals surface area contributed by atoms with Crippen LogP contribution >= 0.6 is 23.2 Å². The highest BCUT2D eigenvalue weighted by molar-refractivity contribution is 6.42. The number of nitrogens with zero attached hydrogens (tertiary/aromatic N) is 2. The van der Waals surface area contributed by atoms with Gasteiger partial charge in [-0.25, -0.2) is 0 Å². The molecule has 1 amide bonds. The second-order valence-corrected chi connectivity index (χ2v) is 5.84. The molecule has 0 aromatic heterocycles. The van der Waals surface area contributed by atoms with Gasteiger partial charge in [0.15, 0.2) is 0 Å². The Hall–Kier alpha value is -0.810. The zero-order valence-corrected chi connectivity index (χ0v) is 13.0. The molecular formula is C14H19Cl2N3O. The number of benzene rings is 1. The molecule has 110 valence electrons. The summed E-state index contributed by atoms with van der Waals surface area (Å²) >= 11 is 11.9. The fraction of sp³-hybridized carbons (Fsp3) is 0.500. The number of halogens is 2. The van der Waals surface area contributed by atoms with E-state index in [4.69, 9.17) is 23.2 Å². The van der Waals surface area contributed by atoms with Crippen molar-refractivity contribution in [3.63, 3.8) is 0 Å². The molecule has 0 radical (unpaired) electrons. The van der Waals surface area contributed by atoms with Crippen LogP contribution in [0, 0.1) is 0 Å². The van der Waals surface area contributed by atoms with E-state index in [0.29, 0.717) is 23.1 Å². The summed E-state index contributed by atoms with van der Waals surface area (Å²) in [4.78, 5) is 16.1. The number of nitrogens with one attached hydrogen (secondary N) is 1. The molecule has 6 heteroatoms. The minimum atomic E-state index is 0.123. The highest BCUT2D eigenvalue weighted by Gasteiger charge is 2.16. The van der Waals surface area contributed by atoms with E-state index < -0.39 is 0 Å². The molecule has 0 atom stereocenters. The first-order valence-electron chi connectivity index (χ1n) is 6.67. The minimum Gasteiger partial charge on any atom is -0.340 e. The van der Waals surface area contributed by atoms with Crippen LogP contribution in [0.2, 0.25) is 10.0 Å². The van der Waals surface area contributed by atoms with Gasteiger partial charge in [-0.1, -0.05) is 29.3 Å². The topological polar surface area (TPSA) is 35.6 Å². The van der Waals surface area contributed by atoms with E-state index in [1.807, 2.05) is 13.1 Å². The number of carbonyl (C=O) groups is 1. The van der Waals surface area contributed by atoms with Crippen LogP contribution in [0.4, 0.5) is 0 Å². The molecule has 0 aliphatic carbocycles. The van der Waals surface area contributed by atoms with Crippen LogP contribution in [0.15, 0.2) is 18.2 Å². The van der Waals surface area contributed by atoms with Crippen molar-refractivity contribution < 1.29 is 4.79 Å². The predicted octanol–water partition coefficient (Wildman–Crippen LogP) is 1.86. The van der Waals surface area contributed by atoms with Crippen LogP contribution in [-0.4, -0.2) is 55.5 Å². The first kappa shape index (κ1) is 15.6.